The molecule has 0 saturated carbocycles. The molecule has 0 aliphatic carbocycles. The molecule has 3 aromatic rings. The van der Waals surface area contributed by atoms with Crippen LogP contribution in [0.15, 0.2) is 55.1 Å². The molecule has 1 aliphatic rings. The van der Waals surface area contributed by atoms with Crippen molar-refractivity contribution < 1.29 is 27.9 Å². The number of hydrogen-bond acceptors (Lipinski definition) is 5. The van der Waals surface area contributed by atoms with Crippen molar-refractivity contribution in [3.05, 3.63) is 72.1 Å². The molecular weight excluding hydrogens is 487 g/mol. The fourth-order valence-corrected chi connectivity index (χ4v) is 4.32. The molecule has 2 aromatic heterocycles. The summed E-state index contributed by atoms with van der Waals surface area (Å²) in [6, 6.07) is 10.7. The van der Waals surface area contributed by atoms with Gasteiger partial charge in [-0.05, 0) is 63.1 Å². The predicted octanol–water partition coefficient (Wildman–Crippen LogP) is 4.24. The Balaban J connectivity index is 1.43. The molecule has 8 nitrogen and oxygen atoms in total. The highest BCUT2D eigenvalue weighted by molar-refractivity contribution is 6.05. The summed E-state index contributed by atoms with van der Waals surface area (Å²) in [4.78, 5) is 35.5. The third-order valence-electron chi connectivity index (χ3n) is 6.58. The molecule has 0 spiro atoms. The van der Waals surface area contributed by atoms with Gasteiger partial charge in [0.05, 0.1) is 24.0 Å². The van der Waals surface area contributed by atoms with E-state index in [9.17, 15) is 27.9 Å². The van der Waals surface area contributed by atoms with Gasteiger partial charge < -0.3 is 19.9 Å². The molecular formula is C26H28F3N5O3. The molecule has 0 radical (unpaired) electrons. The van der Waals surface area contributed by atoms with Crippen molar-refractivity contribution in [1.29, 1.82) is 0 Å². The first-order valence-corrected chi connectivity index (χ1v) is 11.9. The number of halogens is 3. The number of amides is 2. The van der Waals surface area contributed by atoms with Crippen molar-refractivity contribution in [2.24, 2.45) is 0 Å². The van der Waals surface area contributed by atoms with Gasteiger partial charge in [0.2, 0.25) is 5.91 Å². The fraction of sp³-hybridized carbons (Fsp3) is 0.385. The number of imidazole rings is 1. The van der Waals surface area contributed by atoms with Crippen LogP contribution in [0.3, 0.4) is 0 Å². The van der Waals surface area contributed by atoms with E-state index < -0.39 is 24.1 Å². The van der Waals surface area contributed by atoms with Gasteiger partial charge in [-0.15, -0.1) is 0 Å². The molecule has 1 unspecified atom stereocenters. The second-order valence-electron chi connectivity index (χ2n) is 9.46. The number of anilines is 1. The number of carbonyl (C=O) groups excluding carboxylic acids is 2. The van der Waals surface area contributed by atoms with Gasteiger partial charge in [-0.3, -0.25) is 14.6 Å². The third kappa shape index (κ3) is 5.99. The third-order valence-corrected chi connectivity index (χ3v) is 6.58. The van der Waals surface area contributed by atoms with Crippen LogP contribution in [-0.2, 0) is 4.79 Å². The van der Waals surface area contributed by atoms with Gasteiger partial charge in [0, 0.05) is 48.5 Å². The van der Waals surface area contributed by atoms with Crippen LogP contribution in [0.1, 0.15) is 53.8 Å². The number of hydrogen-bond donors (Lipinski definition) is 2. The fourth-order valence-electron chi connectivity index (χ4n) is 4.32. The average molecular weight is 516 g/mol. The quantitative estimate of drug-likeness (QED) is 0.512. The molecule has 2 N–H and O–H groups in total. The SMILES string of the molecule is Cc1ccc(C(=O)Nc2ccc(-n3ccnc3)cc2)c(C2CCN(C(=O)CC(C)(O)C(F)(F)F)CC2)n1. The number of likely N-dealkylation sites (tertiary alicyclic amines) is 1. The molecule has 4 rings (SSSR count). The highest BCUT2D eigenvalue weighted by Gasteiger charge is 2.51. The van der Waals surface area contributed by atoms with Crippen LogP contribution in [0.25, 0.3) is 5.69 Å². The normalized spacial score (nSPS) is 16.3. The Morgan fingerprint density at radius 1 is 1.11 bits per heavy atom. The summed E-state index contributed by atoms with van der Waals surface area (Å²) in [5, 5.41) is 12.6. The zero-order valence-electron chi connectivity index (χ0n) is 20.5. The van der Waals surface area contributed by atoms with Gasteiger partial charge >= 0.3 is 6.18 Å². The summed E-state index contributed by atoms with van der Waals surface area (Å²) in [5.74, 6) is -1.22. The Bertz CT molecular complexity index is 1250. The van der Waals surface area contributed by atoms with E-state index in [1.54, 1.807) is 36.8 Å². The lowest BCUT2D eigenvalue weighted by Gasteiger charge is -2.34. The number of pyridine rings is 1. The smallest absolute Gasteiger partial charge is 0.380 e. The summed E-state index contributed by atoms with van der Waals surface area (Å²) in [6.45, 7) is 2.84. The largest absolute Gasteiger partial charge is 0.417 e. The number of piperidine rings is 1. The second kappa shape index (κ2) is 10.3. The number of nitrogens with zero attached hydrogens (tertiary/aromatic N) is 4. The Morgan fingerprint density at radius 3 is 2.38 bits per heavy atom. The molecule has 3 heterocycles. The Hall–Kier alpha value is -3.73. The van der Waals surface area contributed by atoms with Crippen molar-refractivity contribution in [2.75, 3.05) is 18.4 Å². The number of aromatic nitrogens is 3. The van der Waals surface area contributed by atoms with Crippen molar-refractivity contribution in [1.82, 2.24) is 19.4 Å². The number of nitrogens with one attached hydrogen (secondary N) is 1. The van der Waals surface area contributed by atoms with Gasteiger partial charge in [-0.2, -0.15) is 13.2 Å². The lowest BCUT2D eigenvalue weighted by atomic mass is 9.89. The lowest BCUT2D eigenvalue weighted by molar-refractivity contribution is -0.254. The number of rotatable bonds is 6. The van der Waals surface area contributed by atoms with Crippen LogP contribution in [0, 0.1) is 6.92 Å². The maximum absolute atomic E-state index is 13.2. The topological polar surface area (TPSA) is 100 Å². The van der Waals surface area contributed by atoms with Crippen LogP contribution >= 0.6 is 0 Å². The van der Waals surface area contributed by atoms with Crippen LogP contribution in [0.4, 0.5) is 18.9 Å². The maximum atomic E-state index is 13.2. The van der Waals surface area contributed by atoms with Gasteiger partial charge in [0.25, 0.3) is 5.91 Å². The van der Waals surface area contributed by atoms with Gasteiger partial charge in [-0.25, -0.2) is 4.98 Å². The van der Waals surface area contributed by atoms with Gasteiger partial charge in [0.1, 0.15) is 0 Å². The Labute approximate surface area is 212 Å². The number of benzene rings is 1. The van der Waals surface area contributed by atoms with E-state index in [-0.39, 0.29) is 24.9 Å². The zero-order chi connectivity index (χ0) is 26.8. The Kier molecular flexibility index (Phi) is 7.35. The summed E-state index contributed by atoms with van der Waals surface area (Å²) >= 11 is 0. The summed E-state index contributed by atoms with van der Waals surface area (Å²) in [7, 11) is 0. The zero-order valence-corrected chi connectivity index (χ0v) is 20.5. The molecule has 1 fully saturated rings. The van der Waals surface area contributed by atoms with Crippen LogP contribution in [0.5, 0.6) is 0 Å². The van der Waals surface area contributed by atoms with Crippen LogP contribution < -0.4 is 5.32 Å². The summed E-state index contributed by atoms with van der Waals surface area (Å²) in [6.07, 6.45) is 0.122. The number of aliphatic hydroxyl groups is 1. The minimum absolute atomic E-state index is 0.142. The molecule has 37 heavy (non-hydrogen) atoms. The highest BCUT2D eigenvalue weighted by Crippen LogP contribution is 2.35. The van der Waals surface area contributed by atoms with E-state index in [2.05, 4.69) is 15.3 Å². The molecule has 196 valence electrons. The first-order valence-electron chi connectivity index (χ1n) is 11.9. The first kappa shape index (κ1) is 26.3. The highest BCUT2D eigenvalue weighted by atomic mass is 19.4. The van der Waals surface area contributed by atoms with Gasteiger partial charge in [-0.1, -0.05) is 0 Å². The molecule has 0 bridgehead atoms. The standard InChI is InChI=1S/C26H28F3N5O3/c1-17-3-8-21(24(36)32-19-4-6-20(7-5-19)34-14-11-30-16-34)23(31-17)18-9-12-33(13-10-18)22(35)15-25(2,37)26(27,28)29/h3-8,11,14,16,18,37H,9-10,12-13,15H2,1-2H3,(H,32,36). The van der Waals surface area contributed by atoms with Crippen molar-refractivity contribution in [2.45, 2.75) is 50.8 Å². The molecule has 2 amide bonds. The van der Waals surface area contributed by atoms with Crippen molar-refractivity contribution >= 4 is 17.5 Å². The summed E-state index contributed by atoms with van der Waals surface area (Å²) < 4.78 is 40.8. The maximum Gasteiger partial charge on any atom is 0.417 e. The van der Waals surface area contributed by atoms with Crippen LogP contribution in [-0.4, -0.2) is 61.2 Å². The van der Waals surface area contributed by atoms with Gasteiger partial charge in [0.15, 0.2) is 5.60 Å². The lowest BCUT2D eigenvalue weighted by Crippen LogP contribution is -2.48. The van der Waals surface area contributed by atoms with E-state index >= 15 is 0 Å². The molecule has 11 heteroatoms. The molecule has 1 aromatic carbocycles. The van der Waals surface area contributed by atoms with E-state index in [1.165, 1.54) is 4.90 Å². The molecule has 1 aliphatic heterocycles. The van der Waals surface area contributed by atoms with E-state index in [0.717, 1.165) is 11.4 Å². The van der Waals surface area contributed by atoms with E-state index in [0.29, 0.717) is 36.7 Å². The van der Waals surface area contributed by atoms with Crippen molar-refractivity contribution in [3.8, 4) is 5.69 Å². The number of alkyl halides is 3. The first-order chi connectivity index (χ1) is 17.4. The predicted molar refractivity (Wildman–Crippen MR) is 130 cm³/mol. The average Bonchev–Trinajstić information content (AvgIpc) is 3.38. The minimum Gasteiger partial charge on any atom is -0.380 e. The number of aryl methyl sites for hydroxylation is 1. The van der Waals surface area contributed by atoms with E-state index in [4.69, 9.17) is 0 Å². The van der Waals surface area contributed by atoms with Crippen molar-refractivity contribution in [3.63, 3.8) is 0 Å². The van der Waals surface area contributed by atoms with Crippen LogP contribution in [0.2, 0.25) is 0 Å². The monoisotopic (exact) mass is 515 g/mol. The molecule has 1 saturated heterocycles. The minimum atomic E-state index is -4.89. The molecule has 1 atom stereocenters. The summed E-state index contributed by atoms with van der Waals surface area (Å²) in [5.41, 5.74) is 0.164. The second-order valence-corrected chi connectivity index (χ2v) is 9.46. The van der Waals surface area contributed by atoms with E-state index in [1.807, 2.05) is 29.8 Å². The Morgan fingerprint density at radius 2 is 1.78 bits per heavy atom. The number of carbonyl (C=O) groups is 2.